The quantitative estimate of drug-likeness (QED) is 0.382. The van der Waals surface area contributed by atoms with Crippen LogP contribution in [-0.2, 0) is 6.18 Å². The predicted molar refractivity (Wildman–Crippen MR) is 106 cm³/mol. The van der Waals surface area contributed by atoms with E-state index in [2.05, 4.69) is 20.6 Å². The third-order valence-electron chi connectivity index (χ3n) is 4.40. The number of para-hydroxylation sites is 1. The summed E-state index contributed by atoms with van der Waals surface area (Å²) in [7, 11) is 0. The smallest absolute Gasteiger partial charge is 0.278 e. The van der Waals surface area contributed by atoms with Crippen LogP contribution in [0.4, 0.5) is 18.9 Å². The topological polar surface area (TPSA) is 55.1 Å². The van der Waals surface area contributed by atoms with Crippen LogP contribution in [0.1, 0.15) is 16.8 Å². The highest BCUT2D eigenvalue weighted by atomic mass is 19.4. The number of fused-ring (bicyclic) bond motifs is 1. The van der Waals surface area contributed by atoms with Crippen LogP contribution in [-0.4, -0.2) is 21.0 Å². The first-order valence-electron chi connectivity index (χ1n) is 8.80. The van der Waals surface area contributed by atoms with Crippen LogP contribution in [0.5, 0.6) is 0 Å². The minimum Gasteiger partial charge on any atom is -0.278 e. The van der Waals surface area contributed by atoms with Crippen molar-refractivity contribution in [2.45, 2.75) is 13.1 Å². The fourth-order valence-electron chi connectivity index (χ4n) is 3.10. The zero-order chi connectivity index (χ0) is 20.4. The summed E-state index contributed by atoms with van der Waals surface area (Å²) in [6.45, 7) is 1.84. The molecule has 0 bridgehead atoms. The summed E-state index contributed by atoms with van der Waals surface area (Å²) in [4.78, 5) is 4.41. The largest absolute Gasteiger partial charge is 0.417 e. The number of aryl methyl sites for hydroxylation is 1. The van der Waals surface area contributed by atoms with Gasteiger partial charge in [-0.2, -0.15) is 23.4 Å². The van der Waals surface area contributed by atoms with Crippen LogP contribution in [0.15, 0.2) is 72.0 Å². The summed E-state index contributed by atoms with van der Waals surface area (Å²) >= 11 is 0. The first kappa shape index (κ1) is 18.7. The summed E-state index contributed by atoms with van der Waals surface area (Å²) in [5.74, 6) is 0. The maximum Gasteiger partial charge on any atom is 0.417 e. The van der Waals surface area contributed by atoms with Crippen LogP contribution < -0.4 is 5.43 Å². The van der Waals surface area contributed by atoms with E-state index in [9.17, 15) is 13.2 Å². The molecule has 0 saturated carbocycles. The molecule has 0 aliphatic carbocycles. The van der Waals surface area contributed by atoms with Gasteiger partial charge in [0.1, 0.15) is 0 Å². The Labute approximate surface area is 164 Å². The minimum absolute atomic E-state index is 0.0190. The van der Waals surface area contributed by atoms with Crippen molar-refractivity contribution in [2.24, 2.45) is 5.10 Å². The predicted octanol–water partition coefficient (Wildman–Crippen LogP) is 5.19. The Morgan fingerprint density at radius 3 is 2.48 bits per heavy atom. The number of nitrogens with one attached hydrogen (secondary N) is 1. The molecule has 2 aromatic heterocycles. The van der Waals surface area contributed by atoms with E-state index in [0.29, 0.717) is 11.3 Å². The number of pyridine rings is 1. The molecule has 2 aromatic carbocycles. The van der Waals surface area contributed by atoms with Crippen molar-refractivity contribution in [1.29, 1.82) is 0 Å². The molecular weight excluding hydrogens is 379 g/mol. The second kappa shape index (κ2) is 7.38. The molecule has 4 aromatic rings. The number of alkyl halides is 3. The molecule has 146 valence electrons. The van der Waals surface area contributed by atoms with Gasteiger partial charge in [-0.3, -0.25) is 5.43 Å². The number of aromatic nitrogens is 3. The minimum atomic E-state index is -4.44. The van der Waals surface area contributed by atoms with Crippen molar-refractivity contribution in [3.8, 4) is 5.69 Å². The third kappa shape index (κ3) is 3.69. The molecule has 0 amide bonds. The molecular formula is C21H16F3N5. The maximum atomic E-state index is 13.1. The number of nitrogens with zero attached hydrogens (tertiary/aromatic N) is 4. The van der Waals surface area contributed by atoms with Gasteiger partial charge in [0.2, 0.25) is 0 Å². The molecule has 0 radical (unpaired) electrons. The summed E-state index contributed by atoms with van der Waals surface area (Å²) in [6, 6.07) is 16.5. The Morgan fingerprint density at radius 1 is 1.00 bits per heavy atom. The van der Waals surface area contributed by atoms with E-state index >= 15 is 0 Å². The van der Waals surface area contributed by atoms with Crippen LogP contribution in [0, 0.1) is 6.92 Å². The van der Waals surface area contributed by atoms with Gasteiger partial charge < -0.3 is 0 Å². The first-order valence-corrected chi connectivity index (χ1v) is 8.80. The van der Waals surface area contributed by atoms with Gasteiger partial charge in [0.15, 0.2) is 5.65 Å². The van der Waals surface area contributed by atoms with Crippen molar-refractivity contribution in [2.75, 3.05) is 5.43 Å². The summed E-state index contributed by atoms with van der Waals surface area (Å²) < 4.78 is 41.1. The highest BCUT2D eigenvalue weighted by Crippen LogP contribution is 2.31. The lowest BCUT2D eigenvalue weighted by atomic mass is 10.1. The van der Waals surface area contributed by atoms with E-state index in [4.69, 9.17) is 0 Å². The standard InChI is InChI=1S/C21H16F3N5/c1-14-19-18(27-26-13-15-7-5-6-10-17(15)21(22,23)24)11-12-25-20(19)29(28-14)16-8-3-2-4-9-16/h2-13H,1H3,(H,25,27)/b26-13-. The van der Waals surface area contributed by atoms with Crippen molar-refractivity contribution in [1.82, 2.24) is 14.8 Å². The van der Waals surface area contributed by atoms with Gasteiger partial charge in [0.05, 0.1) is 34.2 Å². The van der Waals surface area contributed by atoms with Gasteiger partial charge >= 0.3 is 6.18 Å². The van der Waals surface area contributed by atoms with E-state index < -0.39 is 11.7 Å². The number of anilines is 1. The van der Waals surface area contributed by atoms with E-state index in [1.165, 1.54) is 18.2 Å². The lowest BCUT2D eigenvalue weighted by Gasteiger charge is -2.09. The highest BCUT2D eigenvalue weighted by molar-refractivity contribution is 5.93. The molecule has 4 rings (SSSR count). The summed E-state index contributed by atoms with van der Waals surface area (Å²) in [5, 5.41) is 9.31. The van der Waals surface area contributed by atoms with E-state index in [-0.39, 0.29) is 5.56 Å². The molecule has 0 unspecified atom stereocenters. The number of hydrogen-bond donors (Lipinski definition) is 1. The van der Waals surface area contributed by atoms with Crippen LogP contribution in [0.25, 0.3) is 16.7 Å². The van der Waals surface area contributed by atoms with E-state index in [1.54, 1.807) is 16.9 Å². The molecule has 5 nitrogen and oxygen atoms in total. The number of hydrazone groups is 1. The van der Waals surface area contributed by atoms with Gasteiger partial charge in [0, 0.05) is 11.8 Å². The Balaban J connectivity index is 1.69. The van der Waals surface area contributed by atoms with Crippen LogP contribution >= 0.6 is 0 Å². The van der Waals surface area contributed by atoms with Gasteiger partial charge in [0.25, 0.3) is 0 Å². The number of benzene rings is 2. The monoisotopic (exact) mass is 395 g/mol. The van der Waals surface area contributed by atoms with E-state index in [0.717, 1.165) is 29.0 Å². The molecule has 29 heavy (non-hydrogen) atoms. The SMILES string of the molecule is Cc1nn(-c2ccccc2)c2nccc(N/N=C\c3ccccc3C(F)(F)F)c12. The lowest BCUT2D eigenvalue weighted by molar-refractivity contribution is -0.137. The van der Waals surface area contributed by atoms with Crippen molar-refractivity contribution < 1.29 is 13.2 Å². The normalized spacial score (nSPS) is 12.0. The highest BCUT2D eigenvalue weighted by Gasteiger charge is 2.32. The van der Waals surface area contributed by atoms with Gasteiger partial charge in [-0.05, 0) is 31.2 Å². The summed E-state index contributed by atoms with van der Waals surface area (Å²) in [6.07, 6.45) is -1.68. The average Bonchev–Trinajstić information content (AvgIpc) is 3.06. The fraction of sp³-hybridized carbons (Fsp3) is 0.0952. The first-order chi connectivity index (χ1) is 13.9. The zero-order valence-corrected chi connectivity index (χ0v) is 15.4. The number of halogens is 3. The zero-order valence-electron chi connectivity index (χ0n) is 15.4. The Kier molecular flexibility index (Phi) is 4.75. The molecule has 0 atom stereocenters. The Hall–Kier alpha value is -3.68. The number of rotatable bonds is 4. The van der Waals surface area contributed by atoms with Gasteiger partial charge in [-0.25, -0.2) is 9.67 Å². The van der Waals surface area contributed by atoms with Crippen molar-refractivity contribution >= 4 is 22.9 Å². The maximum absolute atomic E-state index is 13.1. The molecule has 1 N–H and O–H groups in total. The molecule has 0 aliphatic rings. The molecule has 0 fully saturated rings. The fourth-order valence-corrected chi connectivity index (χ4v) is 3.10. The van der Waals surface area contributed by atoms with Crippen molar-refractivity contribution in [3.05, 3.63) is 83.7 Å². The van der Waals surface area contributed by atoms with E-state index in [1.807, 2.05) is 37.3 Å². The molecule has 0 saturated heterocycles. The molecule has 0 aliphatic heterocycles. The summed E-state index contributed by atoms with van der Waals surface area (Å²) in [5.41, 5.74) is 4.90. The molecule has 0 spiro atoms. The second-order valence-corrected chi connectivity index (χ2v) is 6.34. The van der Waals surface area contributed by atoms with Gasteiger partial charge in [-0.1, -0.05) is 36.4 Å². The molecule has 8 heteroatoms. The third-order valence-corrected chi connectivity index (χ3v) is 4.40. The van der Waals surface area contributed by atoms with Crippen LogP contribution in [0.3, 0.4) is 0 Å². The Morgan fingerprint density at radius 2 is 1.72 bits per heavy atom. The van der Waals surface area contributed by atoms with Crippen molar-refractivity contribution in [3.63, 3.8) is 0 Å². The van der Waals surface area contributed by atoms with Crippen LogP contribution in [0.2, 0.25) is 0 Å². The number of hydrogen-bond acceptors (Lipinski definition) is 4. The molecule has 2 heterocycles. The lowest BCUT2D eigenvalue weighted by Crippen LogP contribution is -2.08. The second-order valence-electron chi connectivity index (χ2n) is 6.34. The van der Waals surface area contributed by atoms with Gasteiger partial charge in [-0.15, -0.1) is 0 Å². The average molecular weight is 395 g/mol. The Bertz CT molecular complexity index is 1180.